The maximum atomic E-state index is 13.9. The van der Waals surface area contributed by atoms with E-state index in [2.05, 4.69) is 10.6 Å². The van der Waals surface area contributed by atoms with Crippen molar-refractivity contribution in [3.8, 4) is 11.5 Å². The predicted octanol–water partition coefficient (Wildman–Crippen LogP) is 3.50. The van der Waals surface area contributed by atoms with Crippen LogP contribution in [0.1, 0.15) is 29.8 Å². The highest BCUT2D eigenvalue weighted by Crippen LogP contribution is 2.35. The molecule has 2 aliphatic heterocycles. The first kappa shape index (κ1) is 37.2. The van der Waals surface area contributed by atoms with Gasteiger partial charge in [-0.1, -0.05) is 36.4 Å². The van der Waals surface area contributed by atoms with Crippen LogP contribution in [0.4, 0.5) is 10.5 Å². The molecule has 16 heteroatoms. The predicted molar refractivity (Wildman–Crippen MR) is 186 cm³/mol. The third-order valence-electron chi connectivity index (χ3n) is 7.98. The smallest absolute Gasteiger partial charge is 0.415 e. The molecule has 3 aromatic rings. The van der Waals surface area contributed by atoms with Gasteiger partial charge in [-0.15, -0.1) is 23.2 Å². The molecule has 268 valence electrons. The topological polar surface area (TPSA) is 164 Å². The highest BCUT2D eigenvalue weighted by atomic mass is 35.5. The lowest BCUT2D eigenvalue weighted by Gasteiger charge is -2.31. The summed E-state index contributed by atoms with van der Waals surface area (Å²) in [6.07, 6.45) is -3.39. The number of aliphatic hydroxyl groups excluding tert-OH is 1. The van der Waals surface area contributed by atoms with Gasteiger partial charge in [-0.25, -0.2) is 13.2 Å². The molecule has 3 unspecified atom stereocenters. The highest BCUT2D eigenvalue weighted by molar-refractivity contribution is 7.89. The van der Waals surface area contributed by atoms with Gasteiger partial charge in [0.1, 0.15) is 0 Å². The molecule has 0 saturated carbocycles. The van der Waals surface area contributed by atoms with Crippen molar-refractivity contribution in [2.24, 2.45) is 0 Å². The molecule has 3 N–H and O–H groups in total. The van der Waals surface area contributed by atoms with Gasteiger partial charge in [-0.3, -0.25) is 14.5 Å². The van der Waals surface area contributed by atoms with E-state index in [-0.39, 0.29) is 54.8 Å². The van der Waals surface area contributed by atoms with Gasteiger partial charge < -0.3 is 30.0 Å². The number of hydrogen-bond acceptors (Lipinski definition) is 9. The summed E-state index contributed by atoms with van der Waals surface area (Å²) >= 11 is 12.3. The zero-order valence-corrected chi connectivity index (χ0v) is 29.7. The lowest BCUT2D eigenvalue weighted by atomic mass is 10.0. The number of ether oxygens (including phenoxy) is 3. The Balaban J connectivity index is 1.35. The summed E-state index contributed by atoms with van der Waals surface area (Å²) < 4.78 is 44.9. The zero-order chi connectivity index (χ0) is 36.0. The average Bonchev–Trinajstić information content (AvgIpc) is 3.74. The SMILES string of the molecule is CC(C)NC(=O)c1cccc(N2CC(C(=O)NC(Cc3ccccc3)C(O)CN(C[C@@H](Cl)CCl)S(=O)(=O)c3ccc4c(c3)OCO4)OC2=O)c1. The summed E-state index contributed by atoms with van der Waals surface area (Å²) in [4.78, 5) is 40.2. The second-order valence-electron chi connectivity index (χ2n) is 12.1. The fourth-order valence-corrected chi connectivity index (χ4v) is 7.33. The minimum absolute atomic E-state index is 0.0476. The first-order valence-corrected chi connectivity index (χ1v) is 18.3. The second kappa shape index (κ2) is 16.3. The number of benzene rings is 3. The van der Waals surface area contributed by atoms with Gasteiger partial charge in [-0.2, -0.15) is 4.31 Å². The largest absolute Gasteiger partial charge is 0.454 e. The summed E-state index contributed by atoms with van der Waals surface area (Å²) in [7, 11) is -4.26. The number of alkyl halides is 2. The van der Waals surface area contributed by atoms with E-state index in [0.717, 1.165) is 9.87 Å². The number of nitrogens with zero attached hydrogens (tertiary/aromatic N) is 2. The van der Waals surface area contributed by atoms with Crippen LogP contribution in [0.15, 0.2) is 77.7 Å². The molecule has 1 fully saturated rings. The van der Waals surface area contributed by atoms with E-state index in [1.54, 1.807) is 42.5 Å². The quantitative estimate of drug-likeness (QED) is 0.198. The Hall–Kier alpha value is -4.08. The van der Waals surface area contributed by atoms with Crippen molar-refractivity contribution in [1.82, 2.24) is 14.9 Å². The number of carbonyl (C=O) groups is 3. The van der Waals surface area contributed by atoms with Crippen LogP contribution in [0, 0.1) is 0 Å². The lowest BCUT2D eigenvalue weighted by Crippen LogP contribution is -2.53. The van der Waals surface area contributed by atoms with Crippen LogP contribution in [0.25, 0.3) is 0 Å². The second-order valence-corrected chi connectivity index (χ2v) is 15.0. The number of cyclic esters (lactones) is 1. The standard InChI is InChI=1S/C34H38Cl2N4O9S/c1-21(2)37-32(42)23-9-6-10-25(14-23)40-19-31(49-34(40)44)33(43)38-27(13-22-7-4-3-5-8-22)28(41)18-39(17-24(36)16-35)50(45,46)26-11-12-29-30(15-26)48-20-47-29/h3-12,14-15,21,24,27-28,31,41H,13,16-20H2,1-2H3,(H,37,42)(H,38,43)/t24-,27?,28?,31?/m0/s1. The lowest BCUT2D eigenvalue weighted by molar-refractivity contribution is -0.129. The Morgan fingerprint density at radius 2 is 1.74 bits per heavy atom. The van der Waals surface area contributed by atoms with Crippen molar-refractivity contribution in [2.45, 2.75) is 54.8 Å². The first-order valence-electron chi connectivity index (χ1n) is 15.9. The van der Waals surface area contributed by atoms with Crippen LogP contribution in [0.5, 0.6) is 11.5 Å². The van der Waals surface area contributed by atoms with E-state index in [4.69, 9.17) is 37.4 Å². The first-order chi connectivity index (χ1) is 23.8. The molecule has 1 saturated heterocycles. The molecule has 3 aromatic carbocycles. The zero-order valence-electron chi connectivity index (χ0n) is 27.3. The molecular formula is C34H38Cl2N4O9S. The fraction of sp³-hybridized carbons (Fsp3) is 0.382. The summed E-state index contributed by atoms with van der Waals surface area (Å²) in [5.41, 5.74) is 1.44. The number of anilines is 1. The number of sulfonamides is 1. The summed E-state index contributed by atoms with van der Waals surface area (Å²) in [5, 5.41) is 16.4. The molecule has 0 spiro atoms. The van der Waals surface area contributed by atoms with Crippen molar-refractivity contribution >= 4 is 56.8 Å². The van der Waals surface area contributed by atoms with Gasteiger partial charge in [0.05, 0.1) is 29.0 Å². The fourth-order valence-electron chi connectivity index (χ4n) is 5.46. The van der Waals surface area contributed by atoms with Crippen LogP contribution < -0.4 is 25.0 Å². The van der Waals surface area contributed by atoms with E-state index in [9.17, 15) is 27.9 Å². The average molecular weight is 750 g/mol. The van der Waals surface area contributed by atoms with E-state index in [1.165, 1.54) is 29.2 Å². The molecule has 13 nitrogen and oxygen atoms in total. The van der Waals surface area contributed by atoms with Crippen molar-refractivity contribution < 1.29 is 42.1 Å². The normalized spacial score (nSPS) is 17.4. The highest BCUT2D eigenvalue weighted by Gasteiger charge is 2.39. The Kier molecular flexibility index (Phi) is 12.1. The van der Waals surface area contributed by atoms with Crippen LogP contribution >= 0.6 is 23.2 Å². The Labute approximate surface area is 300 Å². The summed E-state index contributed by atoms with van der Waals surface area (Å²) in [6.45, 7) is 2.74. The number of carbonyl (C=O) groups excluding carboxylic acids is 3. The monoisotopic (exact) mass is 748 g/mol. The van der Waals surface area contributed by atoms with Gasteiger partial charge in [0.15, 0.2) is 17.6 Å². The molecule has 0 radical (unpaired) electrons. The Morgan fingerprint density at radius 3 is 2.46 bits per heavy atom. The summed E-state index contributed by atoms with van der Waals surface area (Å²) in [6, 6.07) is 18.4. The molecule has 0 aromatic heterocycles. The molecule has 0 aliphatic carbocycles. The molecule has 5 rings (SSSR count). The van der Waals surface area contributed by atoms with Gasteiger partial charge in [0.2, 0.25) is 16.8 Å². The van der Waals surface area contributed by atoms with Crippen LogP contribution in [0.2, 0.25) is 0 Å². The maximum absolute atomic E-state index is 13.9. The third-order valence-corrected chi connectivity index (χ3v) is 10.6. The van der Waals surface area contributed by atoms with E-state index >= 15 is 0 Å². The molecule has 0 bridgehead atoms. The maximum Gasteiger partial charge on any atom is 0.415 e. The molecule has 4 atom stereocenters. The van der Waals surface area contributed by atoms with Crippen molar-refractivity contribution in [3.05, 3.63) is 83.9 Å². The minimum atomic E-state index is -4.26. The molecular weight excluding hydrogens is 711 g/mol. The van der Waals surface area contributed by atoms with E-state index < -0.39 is 52.2 Å². The number of rotatable bonds is 15. The van der Waals surface area contributed by atoms with Gasteiger partial charge >= 0.3 is 6.09 Å². The van der Waals surface area contributed by atoms with Gasteiger partial charge in [-0.05, 0) is 56.2 Å². The van der Waals surface area contributed by atoms with Crippen molar-refractivity contribution in [2.75, 3.05) is 37.2 Å². The number of halogens is 2. The summed E-state index contributed by atoms with van der Waals surface area (Å²) in [5.74, 6) is -0.429. The van der Waals surface area contributed by atoms with Crippen molar-refractivity contribution in [3.63, 3.8) is 0 Å². The molecule has 2 heterocycles. The van der Waals surface area contributed by atoms with E-state index in [0.29, 0.717) is 17.0 Å². The molecule has 3 amide bonds. The van der Waals surface area contributed by atoms with E-state index in [1.807, 2.05) is 19.9 Å². The van der Waals surface area contributed by atoms with Crippen LogP contribution in [-0.4, -0.2) is 97.7 Å². The van der Waals surface area contributed by atoms with Gasteiger partial charge in [0, 0.05) is 42.3 Å². The number of fused-ring (bicyclic) bond motifs is 1. The molecule has 2 aliphatic rings. The third kappa shape index (κ3) is 8.98. The number of hydrogen-bond donors (Lipinski definition) is 3. The van der Waals surface area contributed by atoms with Crippen molar-refractivity contribution in [1.29, 1.82) is 0 Å². The Bertz CT molecular complexity index is 1800. The number of aliphatic hydroxyl groups is 1. The Morgan fingerprint density at radius 1 is 1.00 bits per heavy atom. The number of nitrogens with one attached hydrogen (secondary N) is 2. The minimum Gasteiger partial charge on any atom is -0.454 e. The van der Waals surface area contributed by atoms with Crippen LogP contribution in [-0.2, 0) is 26.0 Å². The molecule has 50 heavy (non-hydrogen) atoms. The van der Waals surface area contributed by atoms with Crippen LogP contribution in [0.3, 0.4) is 0 Å². The number of amides is 3. The van der Waals surface area contributed by atoms with Gasteiger partial charge in [0.25, 0.3) is 11.8 Å².